The topological polar surface area (TPSA) is 64.3 Å². The summed E-state index contributed by atoms with van der Waals surface area (Å²) in [5.74, 6) is -0.365. The minimum absolute atomic E-state index is 0.271. The van der Waals surface area contributed by atoms with Crippen LogP contribution in [0.4, 0.5) is 15.8 Å². The van der Waals surface area contributed by atoms with E-state index < -0.39 is 11.7 Å². The number of ether oxygens (including phenoxy) is 1. The first-order valence-electron chi connectivity index (χ1n) is 5.71. The molecule has 6 heteroatoms. The summed E-state index contributed by atoms with van der Waals surface area (Å²) in [7, 11) is 1.50. The lowest BCUT2D eigenvalue weighted by Gasteiger charge is -2.09. The Bertz CT molecular complexity index is 662. The second kappa shape index (κ2) is 5.92. The maximum atomic E-state index is 13.4. The number of amides is 1. The maximum Gasteiger partial charge on any atom is 0.257 e. The molecule has 20 heavy (non-hydrogen) atoms. The predicted molar refractivity (Wildman–Crippen MR) is 79.5 cm³/mol. The molecule has 2 rings (SSSR count). The van der Waals surface area contributed by atoms with Crippen LogP contribution in [-0.4, -0.2) is 13.0 Å². The molecule has 0 aromatic heterocycles. The summed E-state index contributed by atoms with van der Waals surface area (Å²) in [5, 5.41) is 2.58. The molecule has 0 fully saturated rings. The van der Waals surface area contributed by atoms with Gasteiger partial charge in [-0.25, -0.2) is 4.39 Å². The normalized spacial score (nSPS) is 10.2. The molecule has 2 aromatic rings. The van der Waals surface area contributed by atoms with E-state index >= 15 is 0 Å². The Morgan fingerprint density at radius 1 is 1.30 bits per heavy atom. The van der Waals surface area contributed by atoms with Crippen molar-refractivity contribution in [3.05, 3.63) is 52.3 Å². The van der Waals surface area contributed by atoms with Gasteiger partial charge in [0.2, 0.25) is 0 Å². The lowest BCUT2D eigenvalue weighted by atomic mass is 10.1. The van der Waals surface area contributed by atoms with Crippen molar-refractivity contribution in [1.29, 1.82) is 0 Å². The number of rotatable bonds is 3. The molecule has 0 heterocycles. The zero-order valence-corrected chi connectivity index (χ0v) is 12.2. The van der Waals surface area contributed by atoms with Gasteiger partial charge in [0.15, 0.2) is 0 Å². The molecular formula is C14H12BrFN2O2. The first-order valence-corrected chi connectivity index (χ1v) is 6.50. The predicted octanol–water partition coefficient (Wildman–Crippen LogP) is 3.43. The molecular weight excluding hydrogens is 327 g/mol. The molecule has 104 valence electrons. The molecule has 1 amide bonds. The number of carbonyl (C=O) groups is 1. The summed E-state index contributed by atoms with van der Waals surface area (Å²) >= 11 is 3.05. The van der Waals surface area contributed by atoms with Gasteiger partial charge in [0.1, 0.15) is 11.6 Å². The molecule has 0 aliphatic heterocycles. The second-order valence-corrected chi connectivity index (χ2v) is 4.89. The third-order valence-corrected chi connectivity index (χ3v) is 3.33. The average Bonchev–Trinajstić information content (AvgIpc) is 2.43. The number of benzene rings is 2. The molecule has 0 unspecified atom stereocenters. The van der Waals surface area contributed by atoms with E-state index in [0.29, 0.717) is 21.6 Å². The van der Waals surface area contributed by atoms with Crippen LogP contribution >= 0.6 is 15.9 Å². The van der Waals surface area contributed by atoms with Crippen LogP contribution in [0.3, 0.4) is 0 Å². The fraction of sp³-hybridized carbons (Fsp3) is 0.0714. The van der Waals surface area contributed by atoms with Crippen LogP contribution in [0.5, 0.6) is 5.75 Å². The lowest BCUT2D eigenvalue weighted by Crippen LogP contribution is -2.14. The van der Waals surface area contributed by atoms with E-state index in [1.807, 2.05) is 0 Å². The summed E-state index contributed by atoms with van der Waals surface area (Å²) in [6.07, 6.45) is 0. The molecule has 0 aliphatic carbocycles. The van der Waals surface area contributed by atoms with Gasteiger partial charge in [-0.05, 0) is 52.3 Å². The monoisotopic (exact) mass is 338 g/mol. The second-order valence-electron chi connectivity index (χ2n) is 4.04. The van der Waals surface area contributed by atoms with Crippen molar-refractivity contribution >= 4 is 33.2 Å². The van der Waals surface area contributed by atoms with Crippen molar-refractivity contribution in [3.8, 4) is 5.75 Å². The highest BCUT2D eigenvalue weighted by atomic mass is 79.9. The highest BCUT2D eigenvalue weighted by molar-refractivity contribution is 9.10. The summed E-state index contributed by atoms with van der Waals surface area (Å²) in [5.41, 5.74) is 6.69. The Hall–Kier alpha value is -2.08. The standard InChI is InChI=1S/C14H12BrFN2O2/c1-20-9-3-5-13(17)10(7-9)14(19)18-8-2-4-11(15)12(16)6-8/h2-7H,17H2,1H3,(H,18,19). The Morgan fingerprint density at radius 2 is 2.05 bits per heavy atom. The molecule has 0 saturated carbocycles. The van der Waals surface area contributed by atoms with Crippen LogP contribution < -0.4 is 15.8 Å². The van der Waals surface area contributed by atoms with Crippen LogP contribution in [0.15, 0.2) is 40.9 Å². The SMILES string of the molecule is COc1ccc(N)c(C(=O)Nc2ccc(Br)c(F)c2)c1. The number of halogens is 2. The van der Waals surface area contributed by atoms with Gasteiger partial charge < -0.3 is 15.8 Å². The molecule has 0 saturated heterocycles. The Balaban J connectivity index is 2.25. The minimum atomic E-state index is -0.457. The molecule has 0 atom stereocenters. The van der Waals surface area contributed by atoms with Crippen molar-refractivity contribution < 1.29 is 13.9 Å². The van der Waals surface area contributed by atoms with Crippen molar-refractivity contribution in [2.24, 2.45) is 0 Å². The fourth-order valence-corrected chi connectivity index (χ4v) is 1.88. The van der Waals surface area contributed by atoms with Gasteiger partial charge in [0.25, 0.3) is 5.91 Å². The van der Waals surface area contributed by atoms with Crippen LogP contribution in [0.2, 0.25) is 0 Å². The summed E-state index contributed by atoms with van der Waals surface area (Å²) in [4.78, 5) is 12.1. The van der Waals surface area contributed by atoms with Crippen LogP contribution in [0, 0.1) is 5.82 Å². The summed E-state index contributed by atoms with van der Waals surface area (Å²) in [6, 6.07) is 9.08. The molecule has 3 N–H and O–H groups in total. The van der Waals surface area contributed by atoms with Gasteiger partial charge in [-0.1, -0.05) is 0 Å². The molecule has 4 nitrogen and oxygen atoms in total. The molecule has 2 aromatic carbocycles. The zero-order chi connectivity index (χ0) is 14.7. The van der Waals surface area contributed by atoms with E-state index in [-0.39, 0.29) is 5.56 Å². The zero-order valence-electron chi connectivity index (χ0n) is 10.6. The van der Waals surface area contributed by atoms with Gasteiger partial charge in [0, 0.05) is 11.4 Å². The van der Waals surface area contributed by atoms with Crippen LogP contribution in [-0.2, 0) is 0 Å². The lowest BCUT2D eigenvalue weighted by molar-refractivity contribution is 0.102. The number of carbonyl (C=O) groups excluding carboxylic acids is 1. The maximum absolute atomic E-state index is 13.4. The number of hydrogen-bond acceptors (Lipinski definition) is 3. The highest BCUT2D eigenvalue weighted by Gasteiger charge is 2.12. The largest absolute Gasteiger partial charge is 0.497 e. The number of nitrogen functional groups attached to an aromatic ring is 1. The van der Waals surface area contributed by atoms with E-state index in [1.165, 1.54) is 25.3 Å². The van der Waals surface area contributed by atoms with Crippen molar-refractivity contribution in [1.82, 2.24) is 0 Å². The van der Waals surface area contributed by atoms with Gasteiger partial charge >= 0.3 is 0 Å². The number of methoxy groups -OCH3 is 1. The Labute approximate surface area is 123 Å². The summed E-state index contributed by atoms with van der Waals surface area (Å²) in [6.45, 7) is 0. The fourth-order valence-electron chi connectivity index (χ4n) is 1.63. The average molecular weight is 339 g/mol. The van der Waals surface area contributed by atoms with E-state index in [4.69, 9.17) is 10.5 Å². The van der Waals surface area contributed by atoms with Crippen molar-refractivity contribution in [2.75, 3.05) is 18.2 Å². The van der Waals surface area contributed by atoms with Gasteiger partial charge in [-0.3, -0.25) is 4.79 Å². The van der Waals surface area contributed by atoms with Crippen LogP contribution in [0.1, 0.15) is 10.4 Å². The van der Waals surface area contributed by atoms with E-state index in [0.717, 1.165) is 0 Å². The Morgan fingerprint density at radius 3 is 2.70 bits per heavy atom. The number of anilines is 2. The van der Waals surface area contributed by atoms with E-state index in [2.05, 4.69) is 21.2 Å². The molecule has 0 radical (unpaired) electrons. The number of nitrogens with one attached hydrogen (secondary N) is 1. The summed E-state index contributed by atoms with van der Waals surface area (Å²) < 4.78 is 18.8. The van der Waals surface area contributed by atoms with Gasteiger partial charge in [-0.2, -0.15) is 0 Å². The quantitative estimate of drug-likeness (QED) is 0.842. The smallest absolute Gasteiger partial charge is 0.257 e. The first kappa shape index (κ1) is 14.3. The minimum Gasteiger partial charge on any atom is -0.497 e. The molecule has 0 spiro atoms. The van der Waals surface area contributed by atoms with Crippen molar-refractivity contribution in [3.63, 3.8) is 0 Å². The highest BCUT2D eigenvalue weighted by Crippen LogP contribution is 2.23. The van der Waals surface area contributed by atoms with Gasteiger partial charge in [-0.15, -0.1) is 0 Å². The Kier molecular flexibility index (Phi) is 4.24. The molecule has 0 bridgehead atoms. The van der Waals surface area contributed by atoms with Gasteiger partial charge in [0.05, 0.1) is 17.1 Å². The number of hydrogen-bond donors (Lipinski definition) is 2. The van der Waals surface area contributed by atoms with Crippen molar-refractivity contribution in [2.45, 2.75) is 0 Å². The first-order chi connectivity index (χ1) is 9.51. The van der Waals surface area contributed by atoms with E-state index in [9.17, 15) is 9.18 Å². The third kappa shape index (κ3) is 3.08. The third-order valence-electron chi connectivity index (χ3n) is 2.68. The van der Waals surface area contributed by atoms with E-state index in [1.54, 1.807) is 18.2 Å². The van der Waals surface area contributed by atoms with Crippen LogP contribution in [0.25, 0.3) is 0 Å². The molecule has 0 aliphatic rings. The number of nitrogens with two attached hydrogens (primary N) is 1.